The Morgan fingerprint density at radius 2 is 2.50 bits per heavy atom. The average Bonchev–Trinajstić information content (AvgIpc) is 2.31. The van der Waals surface area contributed by atoms with Crippen molar-refractivity contribution in [2.24, 2.45) is 0 Å². The van der Waals surface area contributed by atoms with E-state index in [1.54, 1.807) is 11.3 Å². The Labute approximate surface area is 62.9 Å². The molecule has 1 fully saturated rings. The zero-order valence-corrected chi connectivity index (χ0v) is 6.15. The Morgan fingerprint density at radius 1 is 1.70 bits per heavy atom. The number of nitrogens with one attached hydrogen (secondary N) is 1. The number of hydrogen-bond donors (Lipinski definition) is 1. The normalized spacial score (nSPS) is 23.6. The molecule has 1 N–H and O–H groups in total. The highest BCUT2D eigenvalue weighted by atomic mass is 32.1. The molecule has 52 valence electrons. The molecule has 1 aliphatic heterocycles. The van der Waals surface area contributed by atoms with E-state index in [0.29, 0.717) is 12.5 Å². The van der Waals surface area contributed by atoms with Crippen molar-refractivity contribution in [1.29, 1.82) is 0 Å². The largest absolute Gasteiger partial charge is 0.349 e. The molecule has 2 heterocycles. The summed E-state index contributed by atoms with van der Waals surface area (Å²) in [4.78, 5) is 10.5. The van der Waals surface area contributed by atoms with Crippen LogP contribution in [0.1, 0.15) is 18.0 Å². The van der Waals surface area contributed by atoms with Crippen LogP contribution in [-0.2, 0) is 4.79 Å². The molecular formula is C7H7NOS. The fourth-order valence-electron chi connectivity index (χ4n) is 1.03. The highest BCUT2D eigenvalue weighted by molar-refractivity contribution is 7.08. The third-order valence-corrected chi connectivity index (χ3v) is 2.37. The molecule has 0 radical (unpaired) electrons. The lowest BCUT2D eigenvalue weighted by atomic mass is 10.0. The van der Waals surface area contributed by atoms with E-state index in [9.17, 15) is 4.79 Å². The standard InChI is InChI=1S/C7H7NOS/c9-7-3-6(8-7)5-1-2-10-4-5/h1-2,4,6H,3H2,(H,8,9)/t6-/m1/s1. The summed E-state index contributed by atoms with van der Waals surface area (Å²) < 4.78 is 0. The molecule has 10 heavy (non-hydrogen) atoms. The first-order chi connectivity index (χ1) is 4.86. The summed E-state index contributed by atoms with van der Waals surface area (Å²) in [6.45, 7) is 0. The van der Waals surface area contributed by atoms with Gasteiger partial charge in [-0.05, 0) is 22.4 Å². The molecule has 1 amide bonds. The second kappa shape index (κ2) is 2.09. The first-order valence-corrected chi connectivity index (χ1v) is 4.12. The Kier molecular flexibility index (Phi) is 1.24. The van der Waals surface area contributed by atoms with Crippen molar-refractivity contribution in [3.8, 4) is 0 Å². The second-order valence-electron chi connectivity index (χ2n) is 2.38. The van der Waals surface area contributed by atoms with Crippen LogP contribution in [0.2, 0.25) is 0 Å². The fraction of sp³-hybridized carbons (Fsp3) is 0.286. The van der Waals surface area contributed by atoms with Gasteiger partial charge in [0.05, 0.1) is 12.5 Å². The van der Waals surface area contributed by atoms with Gasteiger partial charge in [-0.25, -0.2) is 0 Å². The molecule has 1 aliphatic rings. The minimum Gasteiger partial charge on any atom is -0.349 e. The Morgan fingerprint density at radius 3 is 3.00 bits per heavy atom. The number of amides is 1. The number of β-lactam (4-membered cyclic amide) rings is 1. The van der Waals surface area contributed by atoms with Crippen LogP contribution < -0.4 is 5.32 Å². The predicted octanol–water partition coefficient (Wildman–Crippen LogP) is 1.31. The average molecular weight is 153 g/mol. The highest BCUT2D eigenvalue weighted by Crippen LogP contribution is 2.24. The van der Waals surface area contributed by atoms with E-state index in [2.05, 4.69) is 16.8 Å². The molecule has 1 atom stereocenters. The number of carbonyl (C=O) groups is 1. The van der Waals surface area contributed by atoms with Crippen molar-refractivity contribution in [3.05, 3.63) is 22.4 Å². The number of thiophene rings is 1. The maximum Gasteiger partial charge on any atom is 0.222 e. The summed E-state index contributed by atoms with van der Waals surface area (Å²) in [5.74, 6) is 0.163. The third kappa shape index (κ3) is 0.827. The van der Waals surface area contributed by atoms with Crippen LogP contribution >= 0.6 is 11.3 Å². The van der Waals surface area contributed by atoms with Gasteiger partial charge in [-0.2, -0.15) is 11.3 Å². The van der Waals surface area contributed by atoms with E-state index < -0.39 is 0 Å². The molecule has 0 unspecified atom stereocenters. The summed E-state index contributed by atoms with van der Waals surface area (Å²) in [7, 11) is 0. The summed E-state index contributed by atoms with van der Waals surface area (Å²) in [5, 5.41) is 6.91. The van der Waals surface area contributed by atoms with Gasteiger partial charge in [0, 0.05) is 0 Å². The van der Waals surface area contributed by atoms with E-state index in [-0.39, 0.29) is 5.91 Å². The van der Waals surface area contributed by atoms with Gasteiger partial charge in [-0.1, -0.05) is 0 Å². The molecule has 0 bridgehead atoms. The summed E-state index contributed by atoms with van der Waals surface area (Å²) in [6.07, 6.45) is 0.663. The maximum atomic E-state index is 10.5. The molecule has 0 spiro atoms. The monoisotopic (exact) mass is 153 g/mol. The zero-order chi connectivity index (χ0) is 6.97. The molecule has 3 heteroatoms. The van der Waals surface area contributed by atoms with Gasteiger partial charge in [0.25, 0.3) is 0 Å². The number of hydrogen-bond acceptors (Lipinski definition) is 2. The molecule has 2 nitrogen and oxygen atoms in total. The lowest BCUT2D eigenvalue weighted by molar-refractivity contribution is -0.128. The van der Waals surface area contributed by atoms with Crippen molar-refractivity contribution >= 4 is 17.2 Å². The Bertz CT molecular complexity index is 234. The molecule has 0 saturated carbocycles. The summed E-state index contributed by atoms with van der Waals surface area (Å²) in [5.41, 5.74) is 1.24. The SMILES string of the molecule is O=C1C[C@H](c2ccsc2)N1. The molecule has 1 aromatic heterocycles. The Balaban J connectivity index is 2.10. The molecule has 2 rings (SSSR count). The van der Waals surface area contributed by atoms with Crippen molar-refractivity contribution in [2.75, 3.05) is 0 Å². The highest BCUT2D eigenvalue weighted by Gasteiger charge is 2.26. The minimum atomic E-state index is 0.163. The molecule has 0 aliphatic carbocycles. The van der Waals surface area contributed by atoms with Gasteiger partial charge >= 0.3 is 0 Å². The Hall–Kier alpha value is -0.830. The molecular weight excluding hydrogens is 146 g/mol. The second-order valence-corrected chi connectivity index (χ2v) is 3.16. The molecule has 0 aromatic carbocycles. The molecule has 1 saturated heterocycles. The van der Waals surface area contributed by atoms with Gasteiger partial charge in [0.15, 0.2) is 0 Å². The van der Waals surface area contributed by atoms with Gasteiger partial charge < -0.3 is 5.32 Å². The van der Waals surface area contributed by atoms with Crippen LogP contribution in [0.5, 0.6) is 0 Å². The molecule has 1 aromatic rings. The third-order valence-electron chi connectivity index (χ3n) is 1.67. The predicted molar refractivity (Wildman–Crippen MR) is 39.8 cm³/mol. The van der Waals surface area contributed by atoms with E-state index in [4.69, 9.17) is 0 Å². The first kappa shape index (κ1) is 5.92. The fourth-order valence-corrected chi connectivity index (χ4v) is 1.75. The van der Waals surface area contributed by atoms with E-state index in [0.717, 1.165) is 0 Å². The number of rotatable bonds is 1. The van der Waals surface area contributed by atoms with Crippen molar-refractivity contribution < 1.29 is 4.79 Å². The van der Waals surface area contributed by atoms with Crippen molar-refractivity contribution in [1.82, 2.24) is 5.32 Å². The minimum absolute atomic E-state index is 0.163. The maximum absolute atomic E-state index is 10.5. The first-order valence-electron chi connectivity index (χ1n) is 3.18. The van der Waals surface area contributed by atoms with Gasteiger partial charge in [0.1, 0.15) is 0 Å². The smallest absolute Gasteiger partial charge is 0.222 e. The van der Waals surface area contributed by atoms with Gasteiger partial charge in [-0.15, -0.1) is 0 Å². The van der Waals surface area contributed by atoms with Crippen LogP contribution in [0.4, 0.5) is 0 Å². The summed E-state index contributed by atoms with van der Waals surface area (Å²) >= 11 is 1.67. The van der Waals surface area contributed by atoms with E-state index in [1.807, 2.05) is 5.38 Å². The number of carbonyl (C=O) groups excluding carboxylic acids is 1. The van der Waals surface area contributed by atoms with Crippen LogP contribution in [0, 0.1) is 0 Å². The lowest BCUT2D eigenvalue weighted by Crippen LogP contribution is -2.41. The summed E-state index contributed by atoms with van der Waals surface area (Å²) in [6, 6.07) is 2.35. The van der Waals surface area contributed by atoms with E-state index >= 15 is 0 Å². The van der Waals surface area contributed by atoms with Crippen LogP contribution in [0.3, 0.4) is 0 Å². The van der Waals surface area contributed by atoms with Crippen LogP contribution in [0.25, 0.3) is 0 Å². The van der Waals surface area contributed by atoms with Gasteiger partial charge in [-0.3, -0.25) is 4.79 Å². The van der Waals surface area contributed by atoms with Crippen molar-refractivity contribution in [2.45, 2.75) is 12.5 Å². The van der Waals surface area contributed by atoms with E-state index in [1.165, 1.54) is 5.56 Å². The lowest BCUT2D eigenvalue weighted by Gasteiger charge is -2.25. The van der Waals surface area contributed by atoms with Crippen LogP contribution in [-0.4, -0.2) is 5.91 Å². The zero-order valence-electron chi connectivity index (χ0n) is 5.33. The van der Waals surface area contributed by atoms with Crippen molar-refractivity contribution in [3.63, 3.8) is 0 Å². The quantitative estimate of drug-likeness (QED) is 0.605. The topological polar surface area (TPSA) is 29.1 Å². The van der Waals surface area contributed by atoms with Gasteiger partial charge in [0.2, 0.25) is 5.91 Å². The van der Waals surface area contributed by atoms with Crippen LogP contribution in [0.15, 0.2) is 16.8 Å².